The average Bonchev–Trinajstić information content (AvgIpc) is 3.09. The Morgan fingerprint density at radius 1 is 1.22 bits per heavy atom. The molecule has 0 radical (unpaired) electrons. The minimum absolute atomic E-state index is 0.201. The Hall–Kier alpha value is -1.25. The quantitative estimate of drug-likeness (QED) is 0.609. The Morgan fingerprint density at radius 2 is 1.81 bits per heavy atom. The highest BCUT2D eigenvalue weighted by Crippen LogP contribution is 2.39. The first-order valence-corrected chi connectivity index (χ1v) is 11.1. The van der Waals surface area contributed by atoms with Gasteiger partial charge in [0.25, 0.3) is 0 Å². The Labute approximate surface area is 167 Å². The van der Waals surface area contributed by atoms with Crippen molar-refractivity contribution in [1.82, 2.24) is 4.90 Å². The molecule has 0 amide bonds. The lowest BCUT2D eigenvalue weighted by Crippen LogP contribution is -2.52. The van der Waals surface area contributed by atoms with Crippen LogP contribution in [0.15, 0.2) is 35.0 Å². The van der Waals surface area contributed by atoms with Crippen molar-refractivity contribution >= 4 is 28.6 Å². The second-order valence-electron chi connectivity index (χ2n) is 7.55. The van der Waals surface area contributed by atoms with Gasteiger partial charge in [-0.2, -0.15) is 0 Å². The van der Waals surface area contributed by atoms with Crippen molar-refractivity contribution in [2.24, 2.45) is 0 Å². The third-order valence-corrected chi connectivity index (χ3v) is 7.75. The van der Waals surface area contributed by atoms with Gasteiger partial charge >= 0.3 is 5.97 Å². The van der Waals surface area contributed by atoms with E-state index in [1.54, 1.807) is 12.1 Å². The van der Waals surface area contributed by atoms with E-state index in [9.17, 15) is 9.90 Å². The summed E-state index contributed by atoms with van der Waals surface area (Å²) in [4.78, 5) is 16.7. The highest BCUT2D eigenvalue weighted by atomic mass is 32.1. The first-order valence-electron chi connectivity index (χ1n) is 9.30. The Bertz CT molecular complexity index is 742. The third kappa shape index (κ3) is 3.47. The summed E-state index contributed by atoms with van der Waals surface area (Å²) in [5.74, 6) is -0.585. The lowest BCUT2D eigenvalue weighted by molar-refractivity contribution is -0.171. The van der Waals surface area contributed by atoms with Crippen LogP contribution >= 0.6 is 22.7 Å². The van der Waals surface area contributed by atoms with Crippen molar-refractivity contribution in [3.05, 3.63) is 44.8 Å². The Balaban J connectivity index is 1.55. The number of ether oxygens (including phenoxy) is 2. The van der Waals surface area contributed by atoms with E-state index in [1.165, 1.54) is 22.7 Å². The molecular formula is C20H25NO4S2. The minimum Gasteiger partial charge on any atom is -0.460 e. The van der Waals surface area contributed by atoms with Crippen LogP contribution in [-0.4, -0.2) is 53.4 Å². The van der Waals surface area contributed by atoms with Crippen LogP contribution in [0.3, 0.4) is 0 Å². The summed E-state index contributed by atoms with van der Waals surface area (Å²) < 4.78 is 11.6. The number of hydrogen-bond acceptors (Lipinski definition) is 7. The molecule has 1 N–H and O–H groups in total. The van der Waals surface area contributed by atoms with E-state index in [1.807, 2.05) is 22.9 Å². The molecule has 5 nitrogen and oxygen atoms in total. The number of aliphatic hydroxyl groups is 1. The number of hydrogen-bond donors (Lipinski definition) is 1. The summed E-state index contributed by atoms with van der Waals surface area (Å²) >= 11 is 2.73. The zero-order chi connectivity index (χ0) is 19.2. The van der Waals surface area contributed by atoms with Crippen molar-refractivity contribution in [3.8, 4) is 0 Å². The summed E-state index contributed by atoms with van der Waals surface area (Å²) in [7, 11) is 2.11. The SMILES string of the molecule is CC1O[C@@H]1[C@@H]1C[C@@H](OC(=O)C(O)(c2cccs2)c2cccs2)CC(C)N1C. The molecule has 5 atom stereocenters. The molecule has 146 valence electrons. The average molecular weight is 408 g/mol. The highest BCUT2D eigenvalue weighted by molar-refractivity contribution is 7.12. The van der Waals surface area contributed by atoms with Crippen molar-refractivity contribution in [1.29, 1.82) is 0 Å². The smallest absolute Gasteiger partial charge is 0.349 e. The number of likely N-dealkylation sites (tertiary alicyclic amines) is 1. The molecule has 27 heavy (non-hydrogen) atoms. The monoisotopic (exact) mass is 407 g/mol. The standard InChI is InChI=1S/C20H25NO4S2/c1-12-10-14(11-15(21(12)3)18-13(2)24-18)25-19(22)20(23,16-6-4-8-26-16)17-7-5-9-27-17/h4-9,12-15,18,23H,10-11H2,1-3H3/t12?,13?,14-,15-,18-/m0/s1. The zero-order valence-corrected chi connectivity index (χ0v) is 17.3. The fourth-order valence-corrected chi connectivity index (χ4v) is 5.72. The number of epoxide rings is 1. The van der Waals surface area contributed by atoms with E-state index >= 15 is 0 Å². The molecule has 2 aromatic heterocycles. The Kier molecular flexibility index (Phi) is 5.16. The van der Waals surface area contributed by atoms with Crippen molar-refractivity contribution in [2.75, 3.05) is 7.05 Å². The molecule has 2 unspecified atom stereocenters. The number of rotatable bonds is 5. The van der Waals surface area contributed by atoms with Crippen LogP contribution in [0.5, 0.6) is 0 Å². The third-order valence-electron chi connectivity index (χ3n) is 5.79. The fraction of sp³-hybridized carbons (Fsp3) is 0.550. The summed E-state index contributed by atoms with van der Waals surface area (Å²) in [6, 6.07) is 7.76. The molecule has 0 bridgehead atoms. The summed E-state index contributed by atoms with van der Waals surface area (Å²) in [6.45, 7) is 4.22. The van der Waals surface area contributed by atoms with Crippen LogP contribution in [0.4, 0.5) is 0 Å². The van der Waals surface area contributed by atoms with Gasteiger partial charge in [0.05, 0.1) is 22.0 Å². The van der Waals surface area contributed by atoms with Gasteiger partial charge in [0, 0.05) is 18.5 Å². The van der Waals surface area contributed by atoms with Crippen LogP contribution in [0.2, 0.25) is 0 Å². The van der Waals surface area contributed by atoms with Gasteiger partial charge in [0.1, 0.15) is 6.10 Å². The molecule has 2 fully saturated rings. The number of carbonyl (C=O) groups is 1. The second-order valence-corrected chi connectivity index (χ2v) is 9.45. The maximum absolute atomic E-state index is 13.2. The number of piperidine rings is 1. The van der Waals surface area contributed by atoms with Crippen molar-refractivity contribution in [2.45, 2.75) is 62.7 Å². The molecule has 4 heterocycles. The molecule has 7 heteroatoms. The van der Waals surface area contributed by atoms with E-state index in [0.717, 1.165) is 12.8 Å². The summed E-state index contributed by atoms with van der Waals surface area (Å²) in [5.41, 5.74) is -1.74. The molecule has 2 saturated heterocycles. The van der Waals surface area contributed by atoms with Gasteiger partial charge in [-0.05, 0) is 50.2 Å². The van der Waals surface area contributed by atoms with Gasteiger partial charge in [0.15, 0.2) is 0 Å². The van der Waals surface area contributed by atoms with Gasteiger partial charge in [-0.1, -0.05) is 12.1 Å². The van der Waals surface area contributed by atoms with Gasteiger partial charge in [-0.15, -0.1) is 22.7 Å². The Morgan fingerprint density at radius 3 is 2.30 bits per heavy atom. The minimum atomic E-state index is -1.74. The fourth-order valence-electron chi connectivity index (χ4n) is 4.00. The molecule has 4 rings (SSSR count). The normalized spacial score (nSPS) is 31.6. The number of nitrogens with zero attached hydrogens (tertiary/aromatic N) is 1. The lowest BCUT2D eigenvalue weighted by atomic mass is 9.91. The maximum atomic E-state index is 13.2. The first-order chi connectivity index (χ1) is 12.9. The van der Waals surface area contributed by atoms with E-state index < -0.39 is 11.6 Å². The van der Waals surface area contributed by atoms with Crippen LogP contribution in [0.25, 0.3) is 0 Å². The van der Waals surface area contributed by atoms with Gasteiger partial charge in [0.2, 0.25) is 5.60 Å². The lowest BCUT2D eigenvalue weighted by Gasteiger charge is -2.41. The van der Waals surface area contributed by atoms with Crippen LogP contribution in [0, 0.1) is 0 Å². The predicted molar refractivity (Wildman–Crippen MR) is 106 cm³/mol. The van der Waals surface area contributed by atoms with E-state index in [4.69, 9.17) is 9.47 Å². The van der Waals surface area contributed by atoms with Crippen molar-refractivity contribution < 1.29 is 19.4 Å². The van der Waals surface area contributed by atoms with E-state index in [2.05, 4.69) is 25.8 Å². The van der Waals surface area contributed by atoms with Crippen LogP contribution in [0.1, 0.15) is 36.4 Å². The maximum Gasteiger partial charge on any atom is 0.349 e. The van der Waals surface area contributed by atoms with E-state index in [-0.39, 0.29) is 30.4 Å². The predicted octanol–water partition coefficient (Wildman–Crippen LogP) is 3.23. The molecule has 2 aliphatic heterocycles. The molecule has 0 spiro atoms. The molecule has 0 aromatic carbocycles. The topological polar surface area (TPSA) is 62.3 Å². The van der Waals surface area contributed by atoms with Crippen LogP contribution in [-0.2, 0) is 19.9 Å². The largest absolute Gasteiger partial charge is 0.460 e. The van der Waals surface area contributed by atoms with Gasteiger partial charge in [-0.3, -0.25) is 4.90 Å². The van der Waals surface area contributed by atoms with Crippen LogP contribution < -0.4 is 0 Å². The molecule has 2 aromatic rings. The van der Waals surface area contributed by atoms with Gasteiger partial charge in [-0.25, -0.2) is 4.79 Å². The molecule has 0 aliphatic carbocycles. The zero-order valence-electron chi connectivity index (χ0n) is 15.7. The van der Waals surface area contributed by atoms with Gasteiger partial charge < -0.3 is 14.6 Å². The molecule has 2 aliphatic rings. The van der Waals surface area contributed by atoms with Crippen molar-refractivity contribution in [3.63, 3.8) is 0 Å². The molecular weight excluding hydrogens is 382 g/mol. The summed E-state index contributed by atoms with van der Waals surface area (Å²) in [5, 5.41) is 15.1. The summed E-state index contributed by atoms with van der Waals surface area (Å²) in [6.07, 6.45) is 1.72. The highest BCUT2D eigenvalue weighted by Gasteiger charge is 2.49. The second kappa shape index (κ2) is 7.29. The number of carbonyl (C=O) groups excluding carboxylic acids is 1. The number of likely N-dealkylation sites (N-methyl/N-ethyl adjacent to an activating group) is 1. The molecule has 0 saturated carbocycles. The number of thiophene rings is 2. The first kappa shape index (κ1) is 19.1. The van der Waals surface area contributed by atoms with E-state index in [0.29, 0.717) is 9.75 Å². The number of esters is 1.